The first-order valence-corrected chi connectivity index (χ1v) is 14.1. The Balaban J connectivity index is 0.00000294. The second-order valence-electron chi connectivity index (χ2n) is 8.98. The van der Waals surface area contributed by atoms with Crippen molar-refractivity contribution < 1.29 is 44.1 Å². The van der Waals surface area contributed by atoms with E-state index in [1.54, 1.807) is 24.4 Å². The third kappa shape index (κ3) is 8.26. The maximum absolute atomic E-state index is 13.2. The summed E-state index contributed by atoms with van der Waals surface area (Å²) in [5, 5.41) is 12.9. The summed E-state index contributed by atoms with van der Waals surface area (Å²) in [5.74, 6) is 0.190. The molecule has 10 heteroatoms. The number of aliphatic carboxylic acids is 1. The number of aromatic nitrogens is 1. The molecule has 0 saturated heterocycles. The van der Waals surface area contributed by atoms with Crippen LogP contribution in [0.25, 0.3) is 22.6 Å². The number of benzene rings is 3. The number of oxazole rings is 1. The van der Waals surface area contributed by atoms with E-state index < -0.39 is 17.9 Å². The molecule has 1 amide bonds. The maximum Gasteiger partial charge on any atom is 1.00 e. The number of nitrogens with one attached hydrogen (secondary N) is 1. The molecule has 2 N–H and O–H groups in total. The topological polar surface area (TPSA) is 102 Å². The first-order chi connectivity index (χ1) is 18.9. The van der Waals surface area contributed by atoms with Crippen molar-refractivity contribution in [3.05, 3.63) is 100 Å². The Labute approximate surface area is 256 Å². The van der Waals surface area contributed by atoms with Gasteiger partial charge in [0.1, 0.15) is 12.6 Å². The second kappa shape index (κ2) is 15.1. The average molecular weight is 573 g/mol. The molecule has 1 heterocycles. The number of halogens is 1. The number of carbonyl (C=O) groups excluding carboxylic acids is 1. The summed E-state index contributed by atoms with van der Waals surface area (Å²) in [7, 11) is 0. The van der Waals surface area contributed by atoms with Crippen LogP contribution in [0.15, 0.2) is 77.3 Å². The molecular weight excluding hydrogens is 543 g/mol. The summed E-state index contributed by atoms with van der Waals surface area (Å²) in [6.07, 6.45) is 3.87. The van der Waals surface area contributed by atoms with Gasteiger partial charge in [0.25, 0.3) is 5.91 Å². The van der Waals surface area contributed by atoms with Gasteiger partial charge in [-0.1, -0.05) is 48.0 Å². The second-order valence-corrected chi connectivity index (χ2v) is 10.4. The van der Waals surface area contributed by atoms with Gasteiger partial charge in [-0.15, -0.1) is 0 Å². The Kier molecular flexibility index (Phi) is 11.9. The van der Waals surface area contributed by atoms with E-state index >= 15 is 0 Å². The number of hydrogen-bond acceptors (Lipinski definition) is 6. The van der Waals surface area contributed by atoms with Crippen LogP contribution in [-0.2, 0) is 22.7 Å². The number of nitrogens with zero attached hydrogens (tertiary/aromatic N) is 1. The largest absolute Gasteiger partial charge is 1.00 e. The Morgan fingerprint density at radius 3 is 2.62 bits per heavy atom. The molecule has 0 aliphatic heterocycles. The van der Waals surface area contributed by atoms with Crippen molar-refractivity contribution in [2.75, 3.05) is 12.0 Å². The molecule has 0 spiro atoms. The molecule has 4 aromatic rings. The fourth-order valence-electron chi connectivity index (χ4n) is 4.10. The first kappa shape index (κ1) is 31.5. The minimum atomic E-state index is -1.05. The molecule has 0 aliphatic rings. The van der Waals surface area contributed by atoms with Crippen molar-refractivity contribution >= 4 is 35.2 Å². The quantitative estimate of drug-likeness (QED) is 0.249. The minimum Gasteiger partial charge on any atom is -1.00 e. The summed E-state index contributed by atoms with van der Waals surface area (Å²) in [6.45, 7) is 2.46. The zero-order chi connectivity index (χ0) is 27.8. The van der Waals surface area contributed by atoms with Gasteiger partial charge >= 0.3 is 24.8 Å². The van der Waals surface area contributed by atoms with Gasteiger partial charge in [0.15, 0.2) is 5.76 Å². The zero-order valence-electron chi connectivity index (χ0n) is 23.6. The fourth-order valence-corrected chi connectivity index (χ4v) is 4.77. The molecule has 40 heavy (non-hydrogen) atoms. The number of thioether (sulfide) groups is 1. The smallest absolute Gasteiger partial charge is 1.00 e. The van der Waals surface area contributed by atoms with Crippen LogP contribution in [-0.4, -0.2) is 40.0 Å². The number of aryl methyl sites for hydroxylation is 1. The molecule has 3 aromatic carbocycles. The van der Waals surface area contributed by atoms with Gasteiger partial charge in [-0.2, -0.15) is 11.8 Å². The maximum atomic E-state index is 13.2. The number of rotatable bonds is 12. The first-order valence-electron chi connectivity index (χ1n) is 12.4. The molecule has 1 atom stereocenters. The number of ether oxygens (including phenoxy) is 1. The summed E-state index contributed by atoms with van der Waals surface area (Å²) >= 11 is 7.60. The zero-order valence-corrected chi connectivity index (χ0v) is 24.2. The predicted molar refractivity (Wildman–Crippen MR) is 155 cm³/mol. The normalized spacial score (nSPS) is 11.5. The number of carboxylic acid groups (broad SMARTS) is 1. The third-order valence-electron chi connectivity index (χ3n) is 6.12. The van der Waals surface area contributed by atoms with E-state index in [2.05, 4.69) is 10.3 Å². The van der Waals surface area contributed by atoms with Crippen LogP contribution in [0.4, 0.5) is 0 Å². The van der Waals surface area contributed by atoms with E-state index in [0.717, 1.165) is 22.3 Å². The van der Waals surface area contributed by atoms with Crippen molar-refractivity contribution in [3.63, 3.8) is 0 Å². The molecule has 0 saturated carbocycles. The van der Waals surface area contributed by atoms with Crippen molar-refractivity contribution in [1.82, 2.24) is 10.3 Å². The van der Waals surface area contributed by atoms with Crippen LogP contribution in [0.5, 0.6) is 0 Å². The van der Waals surface area contributed by atoms with Crippen LogP contribution < -0.4 is 24.2 Å². The van der Waals surface area contributed by atoms with Gasteiger partial charge in [-0.05, 0) is 77.9 Å². The van der Waals surface area contributed by atoms with E-state index in [1.807, 2.05) is 61.7 Å². The predicted octanol–water partition coefficient (Wildman–Crippen LogP) is 3.74. The molecule has 4 rings (SSSR count). The van der Waals surface area contributed by atoms with Crippen LogP contribution in [0.3, 0.4) is 0 Å². The number of carboxylic acids is 1. The Hall–Kier alpha value is -2.99. The molecule has 0 fully saturated rings. The van der Waals surface area contributed by atoms with E-state index in [9.17, 15) is 14.7 Å². The molecule has 204 valence electrons. The van der Waals surface area contributed by atoms with E-state index in [4.69, 9.17) is 20.8 Å². The molecule has 1 aromatic heterocycles. The summed E-state index contributed by atoms with van der Waals surface area (Å²) < 4.78 is 11.7. The van der Waals surface area contributed by atoms with Crippen molar-refractivity contribution in [1.29, 1.82) is 0 Å². The van der Waals surface area contributed by atoms with Gasteiger partial charge < -0.3 is 21.0 Å². The van der Waals surface area contributed by atoms with Gasteiger partial charge in [-0.25, -0.2) is 9.78 Å². The van der Waals surface area contributed by atoms with Crippen LogP contribution in [0.2, 0.25) is 5.02 Å². The van der Waals surface area contributed by atoms with Gasteiger partial charge in [0, 0.05) is 16.1 Å². The molecule has 0 radical (unpaired) electrons. The van der Waals surface area contributed by atoms with E-state index in [0.29, 0.717) is 40.0 Å². The minimum absolute atomic E-state index is 0. The average Bonchev–Trinajstić information content (AvgIpc) is 3.40. The summed E-state index contributed by atoms with van der Waals surface area (Å²) in [4.78, 5) is 29.3. The van der Waals surface area contributed by atoms with Crippen molar-refractivity contribution in [2.24, 2.45) is 0 Å². The third-order valence-corrected chi connectivity index (χ3v) is 7.00. The van der Waals surface area contributed by atoms with E-state index in [1.165, 1.54) is 11.8 Å². The summed E-state index contributed by atoms with van der Waals surface area (Å²) in [6, 6.07) is 19.5. The van der Waals surface area contributed by atoms with Crippen molar-refractivity contribution in [2.45, 2.75) is 32.6 Å². The standard InChI is InChI=1S/C30H29ClN2O5S.Li.H/c1-19-6-3-4-9-24(19)26-14-20(10-11-25(26)28(34)33-27(30(35)36)12-13-39-2)17-37-18-23-16-32-29(38-23)21-7-5-8-22(31)15-21;;/h3-11,14-16,27H,12-13,17-18H2,1-2H3,(H,33,34)(H,35,36);;/q;+1;-1/t27-;;/m0../s1. The molecule has 0 aliphatic carbocycles. The van der Waals surface area contributed by atoms with Crippen molar-refractivity contribution in [3.8, 4) is 22.6 Å². The fraction of sp³-hybridized carbons (Fsp3) is 0.233. The Morgan fingerprint density at radius 1 is 1.10 bits per heavy atom. The van der Waals surface area contributed by atoms with Gasteiger partial charge in [-0.3, -0.25) is 4.79 Å². The van der Waals surface area contributed by atoms with Crippen LogP contribution >= 0.6 is 23.4 Å². The van der Waals surface area contributed by atoms with E-state index in [-0.39, 0.29) is 33.5 Å². The van der Waals surface area contributed by atoms with Crippen LogP contribution in [0, 0.1) is 6.92 Å². The molecule has 0 unspecified atom stereocenters. The number of hydrogen-bond donors (Lipinski definition) is 2. The Morgan fingerprint density at radius 2 is 1.90 bits per heavy atom. The Bertz CT molecular complexity index is 1470. The molecule has 0 bridgehead atoms. The summed E-state index contributed by atoms with van der Waals surface area (Å²) in [5.41, 5.74) is 4.65. The molecule has 7 nitrogen and oxygen atoms in total. The van der Waals surface area contributed by atoms with Gasteiger partial charge in [0.05, 0.1) is 12.8 Å². The number of carbonyl (C=O) groups is 2. The van der Waals surface area contributed by atoms with Gasteiger partial charge in [0.2, 0.25) is 5.89 Å². The number of amides is 1. The molecular formula is C30H30ClLiN2O5S. The SMILES string of the molecule is CSCC[C@H](NC(=O)c1ccc(COCc2cnc(-c3cccc(Cl)c3)o2)cc1-c1ccccc1C)C(=O)O.[H-].[Li+]. The monoisotopic (exact) mass is 572 g/mol. The van der Waals surface area contributed by atoms with Crippen LogP contribution in [0.1, 0.15) is 35.1 Å².